The lowest BCUT2D eigenvalue weighted by Gasteiger charge is -2.17. The summed E-state index contributed by atoms with van der Waals surface area (Å²) >= 11 is 2.32. The van der Waals surface area contributed by atoms with Gasteiger partial charge < -0.3 is 14.2 Å². The number of benzene rings is 2. The van der Waals surface area contributed by atoms with Crippen molar-refractivity contribution < 1.29 is 23.9 Å². The third-order valence-electron chi connectivity index (χ3n) is 3.91. The number of ether oxygens (including phenoxy) is 3. The zero-order valence-electron chi connectivity index (χ0n) is 16.2. The Bertz CT molecular complexity index is 1070. The average Bonchev–Trinajstić information content (AvgIpc) is 3.26. The van der Waals surface area contributed by atoms with Gasteiger partial charge in [-0.3, -0.25) is 10.1 Å². The maximum atomic E-state index is 12.4. The van der Waals surface area contributed by atoms with Crippen LogP contribution < -0.4 is 13.8 Å². The first-order valence-electron chi connectivity index (χ1n) is 8.45. The summed E-state index contributed by atoms with van der Waals surface area (Å²) < 4.78 is 16.7. The zero-order chi connectivity index (χ0) is 21.7. The van der Waals surface area contributed by atoms with Crippen LogP contribution >= 0.6 is 23.3 Å². The maximum absolute atomic E-state index is 12.4. The molecule has 0 unspecified atom stereocenters. The summed E-state index contributed by atoms with van der Waals surface area (Å²) in [4.78, 5) is 28.1. The van der Waals surface area contributed by atoms with Gasteiger partial charge in [-0.2, -0.15) is 4.31 Å². The van der Waals surface area contributed by atoms with Gasteiger partial charge in [0, 0.05) is 39.9 Å². The van der Waals surface area contributed by atoms with Crippen molar-refractivity contribution in [1.29, 1.82) is 0 Å². The standard InChI is InChI=1S/C19H17N3O6S2/c1-26-16-8-7-14(10-17(16)27-2)30-21(19(23)28-3)18-20-15(11-29-18)12-5-4-6-13(9-12)22(24)25/h4-11H,1-3H3. The van der Waals surface area contributed by atoms with Gasteiger partial charge in [0.2, 0.25) is 5.13 Å². The summed E-state index contributed by atoms with van der Waals surface area (Å²) in [6, 6.07) is 11.4. The molecule has 1 amide bonds. The number of carbonyl (C=O) groups is 1. The molecular weight excluding hydrogens is 430 g/mol. The fourth-order valence-corrected chi connectivity index (χ4v) is 4.22. The van der Waals surface area contributed by atoms with Gasteiger partial charge in [-0.05, 0) is 18.2 Å². The summed E-state index contributed by atoms with van der Waals surface area (Å²) in [6.07, 6.45) is -0.616. The molecule has 0 aliphatic carbocycles. The second-order valence-corrected chi connectivity index (χ2v) is 7.55. The van der Waals surface area contributed by atoms with Crippen LogP contribution in [0.5, 0.6) is 11.5 Å². The van der Waals surface area contributed by atoms with Crippen molar-refractivity contribution >= 4 is 40.2 Å². The Morgan fingerprint density at radius 2 is 1.90 bits per heavy atom. The van der Waals surface area contributed by atoms with Gasteiger partial charge in [0.05, 0.1) is 31.9 Å². The second-order valence-electron chi connectivity index (χ2n) is 5.70. The lowest BCUT2D eigenvalue weighted by Crippen LogP contribution is -2.23. The highest BCUT2D eigenvalue weighted by atomic mass is 32.2. The van der Waals surface area contributed by atoms with Crippen molar-refractivity contribution in [3.8, 4) is 22.8 Å². The Morgan fingerprint density at radius 1 is 1.13 bits per heavy atom. The molecule has 0 spiro atoms. The Kier molecular flexibility index (Phi) is 6.75. The smallest absolute Gasteiger partial charge is 0.426 e. The van der Waals surface area contributed by atoms with Gasteiger partial charge in [0.1, 0.15) is 0 Å². The molecule has 156 valence electrons. The fraction of sp³-hybridized carbons (Fsp3) is 0.158. The highest BCUT2D eigenvalue weighted by Gasteiger charge is 2.23. The van der Waals surface area contributed by atoms with E-state index in [0.29, 0.717) is 32.8 Å². The first-order chi connectivity index (χ1) is 14.5. The van der Waals surface area contributed by atoms with Crippen LogP contribution in [0, 0.1) is 10.1 Å². The van der Waals surface area contributed by atoms with E-state index < -0.39 is 11.0 Å². The summed E-state index contributed by atoms with van der Waals surface area (Å²) in [5.74, 6) is 1.08. The number of amides is 1. The Balaban J connectivity index is 1.91. The van der Waals surface area contributed by atoms with Crippen LogP contribution in [0.2, 0.25) is 0 Å². The van der Waals surface area contributed by atoms with Crippen LogP contribution in [-0.4, -0.2) is 37.3 Å². The van der Waals surface area contributed by atoms with Crippen molar-refractivity contribution in [3.63, 3.8) is 0 Å². The SMILES string of the molecule is COC(=O)N(Sc1ccc(OC)c(OC)c1)c1nc(-c2cccc([N+](=O)[O-])c2)cs1. The minimum atomic E-state index is -0.616. The molecule has 0 atom stereocenters. The van der Waals surface area contributed by atoms with Crippen molar-refractivity contribution in [2.24, 2.45) is 0 Å². The normalized spacial score (nSPS) is 10.4. The number of nitrogens with zero attached hydrogens (tertiary/aromatic N) is 3. The van der Waals surface area contributed by atoms with E-state index in [2.05, 4.69) is 4.98 Å². The monoisotopic (exact) mass is 447 g/mol. The number of carbonyl (C=O) groups excluding carboxylic acids is 1. The zero-order valence-corrected chi connectivity index (χ0v) is 17.9. The first kappa shape index (κ1) is 21.4. The predicted octanol–water partition coefficient (Wildman–Crippen LogP) is 5.02. The number of methoxy groups -OCH3 is 3. The Labute approximate surface area is 180 Å². The number of hydrogen-bond acceptors (Lipinski definition) is 9. The van der Waals surface area contributed by atoms with Crippen LogP contribution in [-0.2, 0) is 4.74 Å². The summed E-state index contributed by atoms with van der Waals surface area (Å²) in [7, 11) is 4.34. The van der Waals surface area contributed by atoms with E-state index in [1.807, 2.05) is 0 Å². The van der Waals surface area contributed by atoms with Crippen molar-refractivity contribution in [3.05, 3.63) is 58.0 Å². The van der Waals surface area contributed by atoms with Crippen LogP contribution in [0.4, 0.5) is 15.6 Å². The molecule has 9 nitrogen and oxygen atoms in total. The number of aromatic nitrogens is 1. The van der Waals surface area contributed by atoms with E-state index in [9.17, 15) is 14.9 Å². The van der Waals surface area contributed by atoms with Gasteiger partial charge in [-0.15, -0.1) is 11.3 Å². The minimum Gasteiger partial charge on any atom is -0.493 e. The van der Waals surface area contributed by atoms with Gasteiger partial charge in [-0.25, -0.2) is 9.78 Å². The molecule has 3 aromatic rings. The molecule has 0 radical (unpaired) electrons. The Hall–Kier alpha value is -3.31. The number of anilines is 1. The van der Waals surface area contributed by atoms with Gasteiger partial charge >= 0.3 is 6.09 Å². The average molecular weight is 447 g/mol. The van der Waals surface area contributed by atoms with E-state index in [1.54, 1.807) is 35.7 Å². The molecular formula is C19H17N3O6S2. The van der Waals surface area contributed by atoms with Crippen molar-refractivity contribution in [2.45, 2.75) is 4.90 Å². The summed E-state index contributed by atoms with van der Waals surface area (Å²) in [5.41, 5.74) is 1.06. The van der Waals surface area contributed by atoms with E-state index >= 15 is 0 Å². The second kappa shape index (κ2) is 9.46. The maximum Gasteiger partial charge on any atom is 0.426 e. The Morgan fingerprint density at radius 3 is 2.57 bits per heavy atom. The first-order valence-corrected chi connectivity index (χ1v) is 10.1. The topological polar surface area (TPSA) is 104 Å². The molecule has 3 rings (SSSR count). The molecule has 0 saturated carbocycles. The molecule has 30 heavy (non-hydrogen) atoms. The molecule has 2 aromatic carbocycles. The number of rotatable bonds is 7. The molecule has 0 fully saturated rings. The number of non-ortho nitro benzene ring substituents is 1. The number of nitro benzene ring substituents is 1. The van der Waals surface area contributed by atoms with Gasteiger partial charge in [0.25, 0.3) is 5.69 Å². The van der Waals surface area contributed by atoms with Crippen LogP contribution in [0.15, 0.2) is 52.7 Å². The highest BCUT2D eigenvalue weighted by molar-refractivity contribution is 8.01. The highest BCUT2D eigenvalue weighted by Crippen LogP contribution is 2.38. The third kappa shape index (κ3) is 4.63. The van der Waals surface area contributed by atoms with E-state index in [-0.39, 0.29) is 5.69 Å². The van der Waals surface area contributed by atoms with E-state index in [4.69, 9.17) is 14.2 Å². The van der Waals surface area contributed by atoms with Gasteiger partial charge in [-0.1, -0.05) is 12.1 Å². The van der Waals surface area contributed by atoms with Crippen LogP contribution in [0.3, 0.4) is 0 Å². The van der Waals surface area contributed by atoms with E-state index in [1.165, 1.54) is 49.1 Å². The van der Waals surface area contributed by atoms with E-state index in [0.717, 1.165) is 11.9 Å². The molecule has 0 N–H and O–H groups in total. The molecule has 0 saturated heterocycles. The lowest BCUT2D eigenvalue weighted by atomic mass is 10.1. The molecule has 1 heterocycles. The largest absolute Gasteiger partial charge is 0.493 e. The predicted molar refractivity (Wildman–Crippen MR) is 114 cm³/mol. The summed E-state index contributed by atoms with van der Waals surface area (Å²) in [5, 5.41) is 13.1. The molecule has 11 heteroatoms. The number of nitro groups is 1. The number of thiazole rings is 1. The van der Waals surface area contributed by atoms with Gasteiger partial charge in [0.15, 0.2) is 11.5 Å². The minimum absolute atomic E-state index is 0.0356. The molecule has 1 aromatic heterocycles. The molecule has 0 aliphatic rings. The fourth-order valence-electron chi connectivity index (χ4n) is 2.49. The number of hydrogen-bond donors (Lipinski definition) is 0. The molecule has 0 bridgehead atoms. The molecule has 0 aliphatic heterocycles. The third-order valence-corrected chi connectivity index (χ3v) is 5.82. The van der Waals surface area contributed by atoms with Crippen LogP contribution in [0.1, 0.15) is 0 Å². The quantitative estimate of drug-likeness (QED) is 0.283. The lowest BCUT2D eigenvalue weighted by molar-refractivity contribution is -0.384. The van der Waals surface area contributed by atoms with Crippen LogP contribution in [0.25, 0.3) is 11.3 Å². The summed E-state index contributed by atoms with van der Waals surface area (Å²) in [6.45, 7) is 0. The van der Waals surface area contributed by atoms with Crippen molar-refractivity contribution in [2.75, 3.05) is 25.6 Å². The van der Waals surface area contributed by atoms with Crippen molar-refractivity contribution in [1.82, 2.24) is 4.98 Å².